The Morgan fingerprint density at radius 2 is 1.05 bits per heavy atom. The molecule has 5 rings (SSSR count). The fraction of sp³-hybridized carbons (Fsp3) is 0. The van der Waals surface area contributed by atoms with Crippen molar-refractivity contribution >= 4 is 57.6 Å². The van der Waals surface area contributed by atoms with Gasteiger partial charge >= 0.3 is 0 Å². The lowest BCUT2D eigenvalue weighted by molar-refractivity contribution is -0.109. The minimum Gasteiger partial charge on any atom is -0.322 e. The maximum Gasteiger partial charge on any atom is 0.249 e. The highest BCUT2D eigenvalue weighted by molar-refractivity contribution is 7.95. The van der Waals surface area contributed by atoms with E-state index in [0.717, 1.165) is 15.9 Å². The van der Waals surface area contributed by atoms with Gasteiger partial charge < -0.3 is 5.32 Å². The smallest absolute Gasteiger partial charge is 0.249 e. The van der Waals surface area contributed by atoms with Gasteiger partial charge in [0.2, 0.25) is 5.91 Å². The Morgan fingerprint density at radius 1 is 0.605 bits per heavy atom. The molecule has 0 unspecified atom stereocenters. The van der Waals surface area contributed by atoms with Gasteiger partial charge in [0.1, 0.15) is 0 Å². The number of ketones is 1. The van der Waals surface area contributed by atoms with E-state index >= 15 is 0 Å². The number of amides is 1. The van der Waals surface area contributed by atoms with Crippen LogP contribution in [-0.4, -0.2) is 17.5 Å². The van der Waals surface area contributed by atoms with Gasteiger partial charge in [-0.25, -0.2) is 0 Å². The first kappa shape index (κ1) is 25.5. The molecule has 0 radical (unpaired) electrons. The Labute approximate surface area is 227 Å². The van der Waals surface area contributed by atoms with Crippen LogP contribution in [0.3, 0.4) is 0 Å². The zero-order chi connectivity index (χ0) is 26.4. The molecule has 1 N–H and O–H groups in total. The predicted octanol–water partition coefficient (Wildman–Crippen LogP) is 6.31. The first-order valence-corrected chi connectivity index (χ1v) is 14.4. The number of carbonyl (C=O) groups excluding carboxylic acids is 2. The molecule has 0 atom stereocenters. The molecule has 0 aliphatic heterocycles. The van der Waals surface area contributed by atoms with Crippen LogP contribution in [0.2, 0.25) is 5.02 Å². The standard InChI is InChI=1S/C33H25ClNO2P/c34-26-21-22-30(33(37)25-13-5-1-6-14-25)31(23-26)35-32(36)24-38(27-15-7-2-8-16-27,28-17-9-3-10-18-28)29-19-11-4-12-20-29/h1-24H,(H,35,36). The average Bonchev–Trinajstić information content (AvgIpc) is 2.97. The van der Waals surface area contributed by atoms with Gasteiger partial charge in [-0.15, -0.1) is 0 Å². The van der Waals surface area contributed by atoms with Crippen molar-refractivity contribution in [2.75, 3.05) is 5.32 Å². The van der Waals surface area contributed by atoms with Crippen LogP contribution in [0, 0.1) is 0 Å². The maximum absolute atomic E-state index is 13.9. The third kappa shape index (κ3) is 5.26. The Balaban J connectivity index is 1.67. The van der Waals surface area contributed by atoms with Gasteiger partial charge in [0.15, 0.2) is 5.78 Å². The van der Waals surface area contributed by atoms with E-state index in [9.17, 15) is 9.59 Å². The second kappa shape index (κ2) is 11.5. The number of anilines is 1. The van der Waals surface area contributed by atoms with Gasteiger partial charge in [0.05, 0.1) is 5.69 Å². The van der Waals surface area contributed by atoms with Gasteiger partial charge in [-0.2, -0.15) is 0 Å². The van der Waals surface area contributed by atoms with Crippen LogP contribution in [0.4, 0.5) is 5.69 Å². The van der Waals surface area contributed by atoms with Crippen molar-refractivity contribution in [3.63, 3.8) is 0 Å². The van der Waals surface area contributed by atoms with Crippen LogP contribution in [0.5, 0.6) is 0 Å². The highest BCUT2D eigenvalue weighted by Gasteiger charge is 2.27. The average molecular weight is 534 g/mol. The molecule has 186 valence electrons. The molecular weight excluding hydrogens is 509 g/mol. The van der Waals surface area contributed by atoms with Crippen molar-refractivity contribution in [1.82, 2.24) is 0 Å². The van der Waals surface area contributed by atoms with Crippen LogP contribution >= 0.6 is 18.5 Å². The molecule has 5 aromatic rings. The second-order valence-corrected chi connectivity index (χ2v) is 12.4. The maximum atomic E-state index is 13.9. The van der Waals surface area contributed by atoms with Crippen molar-refractivity contribution in [2.45, 2.75) is 0 Å². The molecule has 38 heavy (non-hydrogen) atoms. The summed E-state index contributed by atoms with van der Waals surface area (Å²) in [4.78, 5) is 27.2. The van der Waals surface area contributed by atoms with Gasteiger partial charge in [0, 0.05) is 21.9 Å². The molecule has 0 aliphatic rings. The Kier molecular flexibility index (Phi) is 7.70. The van der Waals surface area contributed by atoms with Gasteiger partial charge in [-0.1, -0.05) is 133 Å². The summed E-state index contributed by atoms with van der Waals surface area (Å²) in [6.07, 6.45) is 0. The minimum atomic E-state index is -2.51. The van der Waals surface area contributed by atoms with Gasteiger partial charge in [0.25, 0.3) is 0 Å². The highest BCUT2D eigenvalue weighted by atomic mass is 35.5. The van der Waals surface area contributed by atoms with E-state index in [0.29, 0.717) is 21.8 Å². The van der Waals surface area contributed by atoms with Crippen molar-refractivity contribution in [3.8, 4) is 0 Å². The number of carbonyl (C=O) groups is 2. The number of hydrogen-bond donors (Lipinski definition) is 1. The third-order valence-corrected chi connectivity index (χ3v) is 10.5. The third-order valence-electron chi connectivity index (χ3n) is 6.32. The summed E-state index contributed by atoms with van der Waals surface area (Å²) < 4.78 is 0. The number of rotatable bonds is 7. The van der Waals surface area contributed by atoms with E-state index in [1.165, 1.54) is 0 Å². The van der Waals surface area contributed by atoms with Crippen molar-refractivity contribution in [3.05, 3.63) is 156 Å². The monoisotopic (exact) mass is 533 g/mol. The Bertz CT molecular complexity index is 1520. The lowest BCUT2D eigenvalue weighted by Gasteiger charge is -2.28. The molecule has 5 heteroatoms. The Morgan fingerprint density at radius 3 is 1.53 bits per heavy atom. The molecule has 0 aliphatic carbocycles. The van der Waals surface area contributed by atoms with Crippen LogP contribution in [0.25, 0.3) is 0 Å². The van der Waals surface area contributed by atoms with E-state index < -0.39 is 6.89 Å². The molecule has 3 nitrogen and oxygen atoms in total. The molecule has 0 saturated carbocycles. The van der Waals surface area contributed by atoms with E-state index in [-0.39, 0.29) is 11.7 Å². The molecular formula is C33H25ClNO2P. The normalized spacial score (nSPS) is 11.0. The summed E-state index contributed by atoms with van der Waals surface area (Å²) in [7, 11) is 0. The Hall–Kier alpha value is -4.17. The van der Waals surface area contributed by atoms with Crippen LogP contribution in [0.1, 0.15) is 15.9 Å². The molecule has 1 amide bonds. The van der Waals surface area contributed by atoms with Crippen molar-refractivity contribution in [1.29, 1.82) is 0 Å². The second-order valence-electron chi connectivity index (χ2n) is 8.73. The van der Waals surface area contributed by atoms with Gasteiger partial charge in [-0.05, 0) is 41.0 Å². The quantitative estimate of drug-likeness (QED) is 0.197. The van der Waals surface area contributed by atoms with Crippen LogP contribution in [-0.2, 0) is 4.79 Å². The van der Waals surface area contributed by atoms with Gasteiger partial charge in [-0.3, -0.25) is 9.59 Å². The summed E-state index contributed by atoms with van der Waals surface area (Å²) in [6.45, 7) is -2.51. The summed E-state index contributed by atoms with van der Waals surface area (Å²) in [5.74, 6) is 1.30. The molecule has 0 saturated heterocycles. The topological polar surface area (TPSA) is 46.2 Å². The SMILES string of the molecule is O=C(C=P(c1ccccc1)(c1ccccc1)c1ccccc1)Nc1cc(Cl)ccc1C(=O)c1ccccc1. The highest BCUT2D eigenvalue weighted by Crippen LogP contribution is 2.43. The van der Waals surface area contributed by atoms with E-state index in [2.05, 4.69) is 41.7 Å². The molecule has 0 fully saturated rings. The zero-order valence-corrected chi connectivity index (χ0v) is 22.1. The van der Waals surface area contributed by atoms with Crippen molar-refractivity contribution < 1.29 is 9.59 Å². The molecule has 0 heterocycles. The minimum absolute atomic E-state index is 0.187. The first-order valence-electron chi connectivity index (χ1n) is 12.2. The summed E-state index contributed by atoms with van der Waals surface area (Å²) >= 11 is 6.31. The number of halogens is 1. The van der Waals surface area contributed by atoms with Crippen LogP contribution < -0.4 is 21.2 Å². The predicted molar refractivity (Wildman–Crippen MR) is 161 cm³/mol. The van der Waals surface area contributed by atoms with Crippen LogP contribution in [0.15, 0.2) is 140 Å². The molecule has 0 spiro atoms. The molecule has 0 bridgehead atoms. The van der Waals surface area contributed by atoms with E-state index in [1.54, 1.807) is 36.1 Å². The first-order chi connectivity index (χ1) is 18.6. The summed E-state index contributed by atoms with van der Waals surface area (Å²) in [5, 5.41) is 6.59. The lowest BCUT2D eigenvalue weighted by atomic mass is 10.0. The number of hydrogen-bond acceptors (Lipinski definition) is 2. The summed E-state index contributed by atoms with van der Waals surface area (Å²) in [5.41, 5.74) is 1.29. The molecule has 5 aromatic carbocycles. The zero-order valence-electron chi connectivity index (χ0n) is 20.5. The number of nitrogens with one attached hydrogen (secondary N) is 1. The van der Waals surface area contributed by atoms with Crippen molar-refractivity contribution in [2.24, 2.45) is 0 Å². The lowest BCUT2D eigenvalue weighted by Crippen LogP contribution is -2.30. The van der Waals surface area contributed by atoms with E-state index in [1.807, 2.05) is 72.8 Å². The fourth-order valence-corrected chi connectivity index (χ4v) is 8.42. The number of benzene rings is 5. The van der Waals surface area contributed by atoms with E-state index in [4.69, 9.17) is 11.6 Å². The fourth-order valence-electron chi connectivity index (χ4n) is 4.56. The molecule has 0 aromatic heterocycles. The largest absolute Gasteiger partial charge is 0.322 e. The summed E-state index contributed by atoms with van der Waals surface area (Å²) in [6, 6.07) is 44.2.